The summed E-state index contributed by atoms with van der Waals surface area (Å²) in [5.41, 5.74) is 5.64. The predicted molar refractivity (Wildman–Crippen MR) is 214 cm³/mol. The van der Waals surface area contributed by atoms with Crippen LogP contribution >= 0.6 is 24.8 Å². The second kappa shape index (κ2) is 19.5. The fourth-order valence-electron chi connectivity index (χ4n) is 6.92. The van der Waals surface area contributed by atoms with E-state index in [0.717, 1.165) is 25.7 Å². The molecule has 4 aromatic rings. The maximum Gasteiger partial charge on any atom is -0.147 e. The van der Waals surface area contributed by atoms with Crippen LogP contribution in [0.5, 0.6) is 0 Å². The number of halogens is 2. The Morgan fingerprint density at radius 2 is 0.540 bits per heavy atom. The summed E-state index contributed by atoms with van der Waals surface area (Å²) in [5, 5.41) is 0. The molecule has 0 radical (unpaired) electrons. The third-order valence-electron chi connectivity index (χ3n) is 9.12. The first-order valence-corrected chi connectivity index (χ1v) is 27.8. The molecule has 0 saturated heterocycles. The molecule has 4 aromatic carbocycles. The summed E-state index contributed by atoms with van der Waals surface area (Å²) in [6.07, 6.45) is 32.4. The Morgan fingerprint density at radius 1 is 0.320 bits per heavy atom. The quantitative estimate of drug-likeness (QED) is 0.154. The normalized spacial score (nSPS) is 14.7. The third-order valence-corrected chi connectivity index (χ3v) is 31.4. The van der Waals surface area contributed by atoms with E-state index in [4.69, 9.17) is 0 Å². The molecule has 0 spiro atoms. The predicted octanol–water partition coefficient (Wildman–Crippen LogP) is 12.0. The van der Waals surface area contributed by atoms with Gasteiger partial charge in [-0.15, -0.1) is 24.8 Å². The summed E-state index contributed by atoms with van der Waals surface area (Å²) in [4.78, 5) is 0. The van der Waals surface area contributed by atoms with Crippen molar-refractivity contribution in [1.82, 2.24) is 0 Å². The van der Waals surface area contributed by atoms with Gasteiger partial charge in [-0.05, 0) is 0 Å². The number of allylic oxidation sites excluding steroid dienone is 16. The van der Waals surface area contributed by atoms with Crippen LogP contribution in [0.1, 0.15) is 47.9 Å². The molecule has 0 fully saturated rings. The van der Waals surface area contributed by atoms with E-state index in [1.807, 2.05) is 0 Å². The van der Waals surface area contributed by atoms with Crippen molar-refractivity contribution in [2.75, 3.05) is 0 Å². The minimum absolute atomic E-state index is 0. The second-order valence-electron chi connectivity index (χ2n) is 12.3. The smallest absolute Gasteiger partial charge is 0.147 e. The molecule has 0 amide bonds. The first-order chi connectivity index (χ1) is 23.9. The Bertz CT molecular complexity index is 1770. The van der Waals surface area contributed by atoms with Crippen LogP contribution in [0.15, 0.2) is 208 Å². The molecular formula is C46H42Cl2Hf2. The third kappa shape index (κ3) is 9.20. The zero-order valence-electron chi connectivity index (χ0n) is 28.1. The average Bonchev–Trinajstić information content (AvgIpc) is 4.00. The Kier molecular flexibility index (Phi) is 14.8. The SMILES string of the molecule is C1=CC[C]([Hf]([C]2=CC=CC2)=[C](c2ccccc2)c2ccccc2)=C1.C1=CC[C]([Hf]([C]2=CC=CC2)=[C](c2ccccc2)c2ccccc2)=C1.Cl.Cl. The van der Waals surface area contributed by atoms with Gasteiger partial charge in [0.05, 0.1) is 0 Å². The van der Waals surface area contributed by atoms with Gasteiger partial charge in [0.2, 0.25) is 0 Å². The molecule has 8 rings (SSSR count). The second-order valence-corrected chi connectivity index (χ2v) is 30.5. The van der Waals surface area contributed by atoms with Crippen molar-refractivity contribution in [1.29, 1.82) is 0 Å². The van der Waals surface area contributed by atoms with Gasteiger partial charge in [-0.1, -0.05) is 0 Å². The van der Waals surface area contributed by atoms with Gasteiger partial charge in [0.15, 0.2) is 0 Å². The largest absolute Gasteiger partial charge is 0.147 e. The average molecular weight is 1020 g/mol. The molecule has 0 nitrogen and oxygen atoms in total. The van der Waals surface area contributed by atoms with Crippen molar-refractivity contribution >= 4 is 31.3 Å². The van der Waals surface area contributed by atoms with Crippen molar-refractivity contribution in [2.24, 2.45) is 0 Å². The first-order valence-electron chi connectivity index (χ1n) is 17.0. The number of hydrogen-bond donors (Lipinski definition) is 0. The molecule has 0 heterocycles. The maximum absolute atomic E-state index is 2.40. The molecule has 4 aliphatic carbocycles. The maximum atomic E-state index is 2.40. The van der Waals surface area contributed by atoms with Crippen molar-refractivity contribution in [2.45, 2.75) is 25.7 Å². The van der Waals surface area contributed by atoms with Gasteiger partial charge in [-0.25, -0.2) is 0 Å². The molecule has 0 bridgehead atoms. The Morgan fingerprint density at radius 3 is 0.720 bits per heavy atom. The Hall–Kier alpha value is -3.14. The van der Waals surface area contributed by atoms with Crippen LogP contribution in [0.4, 0.5) is 0 Å². The molecule has 0 saturated carbocycles. The Labute approximate surface area is 325 Å². The summed E-state index contributed by atoms with van der Waals surface area (Å²) in [7, 11) is 0. The van der Waals surface area contributed by atoms with Gasteiger partial charge in [0, 0.05) is 0 Å². The van der Waals surface area contributed by atoms with E-state index in [2.05, 4.69) is 194 Å². The van der Waals surface area contributed by atoms with Crippen LogP contribution in [-0.2, 0) is 41.9 Å². The van der Waals surface area contributed by atoms with Crippen molar-refractivity contribution in [3.05, 3.63) is 230 Å². The van der Waals surface area contributed by atoms with Gasteiger partial charge >= 0.3 is 304 Å². The van der Waals surface area contributed by atoms with Gasteiger partial charge in [-0.3, -0.25) is 0 Å². The standard InChI is InChI=1S/2C13H10.4C5H5.2ClH.2Hf/c2*1-3-7-12(8-4-1)11-13-9-5-2-6-10-13;4*1-2-4-5-3-1;;;;/h2*1-10H;4*1-3H,4H2;2*1H;;. The van der Waals surface area contributed by atoms with E-state index in [1.165, 1.54) is 22.3 Å². The van der Waals surface area contributed by atoms with E-state index in [1.54, 1.807) is 19.8 Å². The summed E-state index contributed by atoms with van der Waals surface area (Å²) >= 11 is -4.64. The number of benzene rings is 4. The molecule has 0 unspecified atom stereocenters. The van der Waals surface area contributed by atoms with Gasteiger partial charge in [0.1, 0.15) is 0 Å². The first kappa shape index (κ1) is 38.1. The topological polar surface area (TPSA) is 0 Å². The van der Waals surface area contributed by atoms with E-state index in [-0.39, 0.29) is 24.8 Å². The molecule has 50 heavy (non-hydrogen) atoms. The van der Waals surface area contributed by atoms with Crippen LogP contribution in [0.3, 0.4) is 0 Å². The fraction of sp³-hybridized carbons (Fsp3) is 0.0870. The molecule has 0 atom stereocenters. The van der Waals surface area contributed by atoms with Gasteiger partial charge in [0.25, 0.3) is 0 Å². The molecule has 248 valence electrons. The fourth-order valence-corrected chi connectivity index (χ4v) is 29.4. The van der Waals surface area contributed by atoms with Crippen LogP contribution in [0.25, 0.3) is 0 Å². The minimum Gasteiger partial charge on any atom is -0.147 e. The minimum atomic E-state index is -2.32. The summed E-state index contributed by atoms with van der Waals surface area (Å²) in [5.74, 6) is 0. The van der Waals surface area contributed by atoms with Crippen LogP contribution in [-0.4, -0.2) is 6.51 Å². The molecule has 0 N–H and O–H groups in total. The van der Waals surface area contributed by atoms with Crippen LogP contribution in [0.2, 0.25) is 0 Å². The van der Waals surface area contributed by atoms with Crippen molar-refractivity contribution in [3.8, 4) is 0 Å². The van der Waals surface area contributed by atoms with Crippen LogP contribution < -0.4 is 0 Å². The molecule has 4 heteroatoms. The Balaban J connectivity index is 0.000000187. The zero-order valence-corrected chi connectivity index (χ0v) is 36.9. The molecule has 4 aliphatic rings. The van der Waals surface area contributed by atoms with E-state index < -0.39 is 41.9 Å². The van der Waals surface area contributed by atoms with E-state index >= 15 is 0 Å². The zero-order chi connectivity index (χ0) is 32.4. The number of rotatable bonds is 8. The monoisotopic (exact) mass is 1020 g/mol. The molecule has 0 aliphatic heterocycles. The summed E-state index contributed by atoms with van der Waals surface area (Å²) in [6, 6.07) is 44.2. The summed E-state index contributed by atoms with van der Waals surface area (Å²) < 4.78 is 10.1. The number of hydrogen-bond acceptors (Lipinski definition) is 0. The van der Waals surface area contributed by atoms with Crippen molar-refractivity contribution < 1.29 is 41.9 Å². The van der Waals surface area contributed by atoms with Gasteiger partial charge in [-0.2, -0.15) is 0 Å². The molecule has 0 aromatic heterocycles. The molecular weight excluding hydrogens is 980 g/mol. The van der Waals surface area contributed by atoms with Crippen molar-refractivity contribution in [3.63, 3.8) is 0 Å². The van der Waals surface area contributed by atoms with Gasteiger partial charge < -0.3 is 0 Å². The van der Waals surface area contributed by atoms with E-state index in [9.17, 15) is 0 Å². The summed E-state index contributed by atoms with van der Waals surface area (Å²) in [6.45, 7) is 0. The van der Waals surface area contributed by atoms with Crippen LogP contribution in [0, 0.1) is 0 Å². The van der Waals surface area contributed by atoms with E-state index in [0.29, 0.717) is 0 Å².